The highest BCUT2D eigenvalue weighted by Gasteiger charge is 2.08. The lowest BCUT2D eigenvalue weighted by atomic mass is 10.1. The highest BCUT2D eigenvalue weighted by atomic mass is 16.4. The van der Waals surface area contributed by atoms with E-state index in [9.17, 15) is 9.90 Å². The Morgan fingerprint density at radius 1 is 1.26 bits per heavy atom. The maximum atomic E-state index is 10.8. The molecule has 3 N–H and O–H groups in total. The Balaban J connectivity index is 1.99. The van der Waals surface area contributed by atoms with Crippen molar-refractivity contribution in [2.75, 3.05) is 11.9 Å². The molecule has 5 heteroatoms. The van der Waals surface area contributed by atoms with Crippen molar-refractivity contribution in [3.05, 3.63) is 59.9 Å². The van der Waals surface area contributed by atoms with E-state index in [1.54, 1.807) is 6.07 Å². The van der Waals surface area contributed by atoms with Crippen molar-refractivity contribution < 1.29 is 15.0 Å². The maximum Gasteiger partial charge on any atom is 0.354 e. The van der Waals surface area contributed by atoms with Crippen molar-refractivity contribution >= 4 is 11.7 Å². The van der Waals surface area contributed by atoms with E-state index in [1.165, 1.54) is 12.3 Å². The molecule has 0 fully saturated rings. The number of aromatic nitrogens is 1. The van der Waals surface area contributed by atoms with Gasteiger partial charge in [-0.05, 0) is 17.7 Å². The van der Waals surface area contributed by atoms with Gasteiger partial charge in [-0.2, -0.15) is 0 Å². The molecule has 0 saturated heterocycles. The second-order valence-corrected chi connectivity index (χ2v) is 4.04. The quantitative estimate of drug-likeness (QED) is 0.763. The Kier molecular flexibility index (Phi) is 4.10. The molecule has 1 heterocycles. The van der Waals surface area contributed by atoms with Gasteiger partial charge in [0.25, 0.3) is 0 Å². The Hall–Kier alpha value is -2.40. The summed E-state index contributed by atoms with van der Waals surface area (Å²) < 4.78 is 0. The lowest BCUT2D eigenvalue weighted by Crippen LogP contribution is -2.12. The third-order valence-corrected chi connectivity index (χ3v) is 2.66. The number of hydrogen-bond acceptors (Lipinski definition) is 4. The van der Waals surface area contributed by atoms with Crippen LogP contribution in [0, 0.1) is 0 Å². The number of aliphatic hydroxyl groups is 1. The van der Waals surface area contributed by atoms with Crippen LogP contribution in [0.4, 0.5) is 5.69 Å². The summed E-state index contributed by atoms with van der Waals surface area (Å²) in [5, 5.41) is 21.8. The zero-order chi connectivity index (χ0) is 13.7. The molecule has 0 amide bonds. The number of rotatable bonds is 5. The van der Waals surface area contributed by atoms with E-state index in [1.807, 2.05) is 30.3 Å². The number of hydrogen-bond donors (Lipinski definition) is 3. The Labute approximate surface area is 110 Å². The van der Waals surface area contributed by atoms with Crippen LogP contribution in [0.5, 0.6) is 0 Å². The topological polar surface area (TPSA) is 82.5 Å². The largest absolute Gasteiger partial charge is 0.477 e. The van der Waals surface area contributed by atoms with E-state index < -0.39 is 12.1 Å². The zero-order valence-electron chi connectivity index (χ0n) is 10.2. The minimum Gasteiger partial charge on any atom is -0.477 e. The Bertz CT molecular complexity index is 558. The predicted octanol–water partition coefficient (Wildman–Crippen LogP) is 1.93. The van der Waals surface area contributed by atoms with Gasteiger partial charge in [0.1, 0.15) is 5.69 Å². The van der Waals surface area contributed by atoms with E-state index in [4.69, 9.17) is 5.11 Å². The summed E-state index contributed by atoms with van der Waals surface area (Å²) >= 11 is 0. The van der Waals surface area contributed by atoms with Gasteiger partial charge < -0.3 is 15.5 Å². The molecule has 98 valence electrons. The fourth-order valence-electron chi connectivity index (χ4n) is 1.67. The lowest BCUT2D eigenvalue weighted by molar-refractivity contribution is 0.0690. The van der Waals surface area contributed by atoms with Crippen LogP contribution in [0.2, 0.25) is 0 Å². The van der Waals surface area contributed by atoms with Crippen LogP contribution in [0.15, 0.2) is 48.7 Å². The smallest absolute Gasteiger partial charge is 0.354 e. The number of nitrogens with one attached hydrogen (secondary N) is 1. The average molecular weight is 258 g/mol. The predicted molar refractivity (Wildman–Crippen MR) is 71.1 cm³/mol. The van der Waals surface area contributed by atoms with E-state index in [0.717, 1.165) is 5.56 Å². The molecule has 0 aliphatic carbocycles. The molecule has 0 saturated carbocycles. The highest BCUT2D eigenvalue weighted by molar-refractivity contribution is 5.86. The molecule has 1 unspecified atom stereocenters. The molecular weight excluding hydrogens is 244 g/mol. The Morgan fingerprint density at radius 2 is 2.00 bits per heavy atom. The summed E-state index contributed by atoms with van der Waals surface area (Å²) in [5.41, 5.74) is 1.39. The summed E-state index contributed by atoms with van der Waals surface area (Å²) in [5.74, 6) is -1.08. The molecule has 2 aromatic rings. The number of carboxylic acids is 1. The highest BCUT2D eigenvalue weighted by Crippen LogP contribution is 2.14. The molecule has 19 heavy (non-hydrogen) atoms. The molecule has 0 aliphatic rings. The number of benzene rings is 1. The van der Waals surface area contributed by atoms with Gasteiger partial charge in [-0.25, -0.2) is 9.78 Å². The number of anilines is 1. The molecule has 0 spiro atoms. The molecule has 0 bridgehead atoms. The molecule has 0 aliphatic heterocycles. The minimum atomic E-state index is -1.08. The summed E-state index contributed by atoms with van der Waals surface area (Å²) in [4.78, 5) is 14.5. The van der Waals surface area contributed by atoms with Gasteiger partial charge in [0.2, 0.25) is 0 Å². The SMILES string of the molecule is O=C(O)c1cc(NCC(O)c2ccccc2)ccn1. The normalized spacial score (nSPS) is 11.8. The first-order chi connectivity index (χ1) is 9.16. The second-order valence-electron chi connectivity index (χ2n) is 4.04. The third-order valence-electron chi connectivity index (χ3n) is 2.66. The Morgan fingerprint density at radius 3 is 2.68 bits per heavy atom. The minimum absolute atomic E-state index is 0.0285. The van der Waals surface area contributed by atoms with Crippen LogP contribution in [0.3, 0.4) is 0 Å². The van der Waals surface area contributed by atoms with Gasteiger partial charge >= 0.3 is 5.97 Å². The molecular formula is C14H14N2O3. The number of aliphatic hydroxyl groups excluding tert-OH is 1. The average Bonchev–Trinajstić information content (AvgIpc) is 2.46. The van der Waals surface area contributed by atoms with Crippen molar-refractivity contribution in [2.24, 2.45) is 0 Å². The number of pyridine rings is 1. The first-order valence-electron chi connectivity index (χ1n) is 5.83. The van der Waals surface area contributed by atoms with Gasteiger partial charge in [0, 0.05) is 18.4 Å². The van der Waals surface area contributed by atoms with Crippen LogP contribution in [-0.2, 0) is 0 Å². The summed E-state index contributed by atoms with van der Waals surface area (Å²) in [6.45, 7) is 0.299. The van der Waals surface area contributed by atoms with Gasteiger partial charge in [0.05, 0.1) is 6.10 Å². The van der Waals surface area contributed by atoms with Crippen molar-refractivity contribution in [3.63, 3.8) is 0 Å². The third kappa shape index (κ3) is 3.53. The zero-order valence-corrected chi connectivity index (χ0v) is 10.2. The van der Waals surface area contributed by atoms with Crippen molar-refractivity contribution in [3.8, 4) is 0 Å². The van der Waals surface area contributed by atoms with Crippen molar-refractivity contribution in [1.82, 2.24) is 4.98 Å². The fraction of sp³-hybridized carbons (Fsp3) is 0.143. The maximum absolute atomic E-state index is 10.8. The van der Waals surface area contributed by atoms with E-state index in [0.29, 0.717) is 12.2 Å². The first-order valence-corrected chi connectivity index (χ1v) is 5.83. The summed E-state index contributed by atoms with van der Waals surface area (Å²) in [7, 11) is 0. The van der Waals surface area contributed by atoms with E-state index in [2.05, 4.69) is 10.3 Å². The number of nitrogens with zero attached hydrogens (tertiary/aromatic N) is 1. The van der Waals surface area contributed by atoms with Crippen LogP contribution < -0.4 is 5.32 Å². The molecule has 2 rings (SSSR count). The molecule has 1 atom stereocenters. The molecule has 5 nitrogen and oxygen atoms in total. The number of aromatic carboxylic acids is 1. The van der Waals surface area contributed by atoms with Gasteiger partial charge in [0.15, 0.2) is 0 Å². The van der Waals surface area contributed by atoms with Crippen LogP contribution >= 0.6 is 0 Å². The van der Waals surface area contributed by atoms with Crippen molar-refractivity contribution in [2.45, 2.75) is 6.10 Å². The first kappa shape index (κ1) is 13.0. The molecule has 0 radical (unpaired) electrons. The lowest BCUT2D eigenvalue weighted by Gasteiger charge is -2.13. The summed E-state index contributed by atoms with van der Waals surface area (Å²) in [6, 6.07) is 12.3. The number of carboxylic acid groups (broad SMARTS) is 1. The van der Waals surface area contributed by atoms with Crippen molar-refractivity contribution in [1.29, 1.82) is 0 Å². The van der Waals surface area contributed by atoms with Crippen LogP contribution in [-0.4, -0.2) is 27.7 Å². The monoisotopic (exact) mass is 258 g/mol. The fourth-order valence-corrected chi connectivity index (χ4v) is 1.67. The summed E-state index contributed by atoms with van der Waals surface area (Å²) in [6.07, 6.45) is 0.767. The van der Waals surface area contributed by atoms with E-state index >= 15 is 0 Å². The van der Waals surface area contributed by atoms with Crippen LogP contribution in [0.25, 0.3) is 0 Å². The second kappa shape index (κ2) is 5.97. The van der Waals surface area contributed by atoms with Crippen LogP contribution in [0.1, 0.15) is 22.2 Å². The number of carbonyl (C=O) groups is 1. The van der Waals surface area contributed by atoms with E-state index in [-0.39, 0.29) is 5.69 Å². The molecule has 1 aromatic heterocycles. The van der Waals surface area contributed by atoms with Gasteiger partial charge in [-0.3, -0.25) is 0 Å². The van der Waals surface area contributed by atoms with Gasteiger partial charge in [-0.15, -0.1) is 0 Å². The molecule has 1 aromatic carbocycles. The van der Waals surface area contributed by atoms with Gasteiger partial charge in [-0.1, -0.05) is 30.3 Å². The standard InChI is InChI=1S/C14H14N2O3/c17-13(10-4-2-1-3-5-10)9-16-11-6-7-15-12(8-11)14(18)19/h1-8,13,17H,9H2,(H,15,16)(H,18,19).